The zero-order valence-electron chi connectivity index (χ0n) is 13.8. The number of benzene rings is 2. The molecule has 3 nitrogen and oxygen atoms in total. The minimum atomic E-state index is 0.0104. The molecule has 24 heavy (non-hydrogen) atoms. The summed E-state index contributed by atoms with van der Waals surface area (Å²) in [6, 6.07) is 11.9. The molecule has 1 atom stereocenters. The highest BCUT2D eigenvalue weighted by molar-refractivity contribution is 6.00. The van der Waals surface area contributed by atoms with Crippen LogP contribution in [0, 0.1) is 18.3 Å². The van der Waals surface area contributed by atoms with Gasteiger partial charge < -0.3 is 10.2 Å². The highest BCUT2D eigenvalue weighted by atomic mass is 16.1. The average Bonchev–Trinajstić information content (AvgIpc) is 2.93. The SMILES string of the molecule is C#Cc1cccc2ccc(C(=O)N[C@@H]3CC4CCN(CC4)C3)cc12. The second kappa shape index (κ2) is 6.30. The molecule has 0 aromatic heterocycles. The van der Waals surface area contributed by atoms with Crippen LogP contribution in [0.25, 0.3) is 10.8 Å². The summed E-state index contributed by atoms with van der Waals surface area (Å²) in [6.45, 7) is 3.34. The minimum absolute atomic E-state index is 0.0104. The van der Waals surface area contributed by atoms with Gasteiger partial charge in [0.25, 0.3) is 5.91 Å². The van der Waals surface area contributed by atoms with E-state index in [-0.39, 0.29) is 11.9 Å². The Labute approximate surface area is 143 Å². The van der Waals surface area contributed by atoms with Crippen LogP contribution in [-0.4, -0.2) is 36.5 Å². The van der Waals surface area contributed by atoms with Crippen molar-refractivity contribution in [3.05, 3.63) is 47.5 Å². The van der Waals surface area contributed by atoms with E-state index in [0.717, 1.165) is 35.2 Å². The number of carbonyl (C=O) groups is 1. The van der Waals surface area contributed by atoms with Crippen LogP contribution < -0.4 is 5.32 Å². The molecule has 3 heterocycles. The zero-order valence-corrected chi connectivity index (χ0v) is 13.8. The molecule has 1 N–H and O–H groups in total. The molecule has 0 radical (unpaired) electrons. The van der Waals surface area contributed by atoms with Gasteiger partial charge in [0.1, 0.15) is 0 Å². The number of piperidine rings is 1. The maximum atomic E-state index is 12.7. The predicted molar refractivity (Wildman–Crippen MR) is 96.9 cm³/mol. The molecule has 3 aliphatic rings. The van der Waals surface area contributed by atoms with Crippen molar-refractivity contribution < 1.29 is 4.79 Å². The average molecular weight is 318 g/mol. The number of terminal acetylenes is 1. The molecular weight excluding hydrogens is 296 g/mol. The van der Waals surface area contributed by atoms with Crippen molar-refractivity contribution in [3.63, 3.8) is 0 Å². The fourth-order valence-corrected chi connectivity index (χ4v) is 4.11. The van der Waals surface area contributed by atoms with E-state index < -0.39 is 0 Å². The second-order valence-corrected chi connectivity index (χ2v) is 7.04. The van der Waals surface area contributed by atoms with Gasteiger partial charge in [-0.1, -0.05) is 24.1 Å². The Hall–Kier alpha value is -2.31. The van der Waals surface area contributed by atoms with Gasteiger partial charge in [-0.3, -0.25) is 4.79 Å². The van der Waals surface area contributed by atoms with Gasteiger partial charge in [-0.25, -0.2) is 0 Å². The Bertz CT molecular complexity index is 798. The van der Waals surface area contributed by atoms with E-state index in [2.05, 4.69) is 16.1 Å². The summed E-state index contributed by atoms with van der Waals surface area (Å²) in [5.41, 5.74) is 1.53. The van der Waals surface area contributed by atoms with Crippen molar-refractivity contribution >= 4 is 16.7 Å². The Balaban J connectivity index is 1.56. The fourth-order valence-electron chi connectivity index (χ4n) is 4.11. The molecular formula is C21H22N2O. The highest BCUT2D eigenvalue weighted by Crippen LogP contribution is 2.27. The first-order chi connectivity index (χ1) is 11.7. The van der Waals surface area contributed by atoms with Crippen molar-refractivity contribution in [3.8, 4) is 12.3 Å². The predicted octanol–water partition coefficient (Wildman–Crippen LogP) is 3.04. The number of rotatable bonds is 2. The number of carbonyl (C=O) groups excluding carboxylic acids is 1. The maximum Gasteiger partial charge on any atom is 0.251 e. The van der Waals surface area contributed by atoms with Gasteiger partial charge in [0.05, 0.1) is 0 Å². The molecule has 3 saturated heterocycles. The van der Waals surface area contributed by atoms with Crippen LogP contribution in [0.2, 0.25) is 0 Å². The van der Waals surface area contributed by atoms with E-state index in [1.807, 2.05) is 36.4 Å². The van der Waals surface area contributed by atoms with Crippen LogP contribution >= 0.6 is 0 Å². The molecule has 122 valence electrons. The van der Waals surface area contributed by atoms with Gasteiger partial charge in [-0.2, -0.15) is 0 Å². The second-order valence-electron chi connectivity index (χ2n) is 7.04. The Kier molecular flexibility index (Phi) is 4.00. The number of nitrogens with zero attached hydrogens (tertiary/aromatic N) is 1. The minimum Gasteiger partial charge on any atom is -0.348 e. The summed E-state index contributed by atoms with van der Waals surface area (Å²) in [5.74, 6) is 3.48. The van der Waals surface area contributed by atoms with Crippen LogP contribution in [0.3, 0.4) is 0 Å². The zero-order chi connectivity index (χ0) is 16.5. The van der Waals surface area contributed by atoms with E-state index >= 15 is 0 Å². The van der Waals surface area contributed by atoms with Crippen LogP contribution in [-0.2, 0) is 0 Å². The molecule has 0 unspecified atom stereocenters. The maximum absolute atomic E-state index is 12.7. The van der Waals surface area contributed by atoms with Gasteiger partial charge in [-0.05, 0) is 67.2 Å². The first-order valence-electron chi connectivity index (χ1n) is 8.75. The van der Waals surface area contributed by atoms with E-state index in [1.54, 1.807) is 0 Å². The van der Waals surface area contributed by atoms with E-state index in [9.17, 15) is 4.79 Å². The smallest absolute Gasteiger partial charge is 0.251 e. The number of fused-ring (bicyclic) bond motifs is 5. The lowest BCUT2D eigenvalue weighted by Gasteiger charge is -2.26. The molecule has 2 bridgehead atoms. The van der Waals surface area contributed by atoms with Gasteiger partial charge >= 0.3 is 0 Å². The van der Waals surface area contributed by atoms with Crippen molar-refractivity contribution in [2.75, 3.05) is 19.6 Å². The van der Waals surface area contributed by atoms with Crippen molar-refractivity contribution in [2.45, 2.75) is 25.3 Å². The largest absolute Gasteiger partial charge is 0.348 e. The lowest BCUT2D eigenvalue weighted by molar-refractivity contribution is 0.0929. The topological polar surface area (TPSA) is 32.3 Å². The summed E-state index contributed by atoms with van der Waals surface area (Å²) in [7, 11) is 0. The molecule has 3 heteroatoms. The number of hydrogen-bond acceptors (Lipinski definition) is 2. The third kappa shape index (κ3) is 2.90. The van der Waals surface area contributed by atoms with Crippen LogP contribution in [0.15, 0.2) is 36.4 Å². The summed E-state index contributed by atoms with van der Waals surface area (Å²) in [6.07, 6.45) is 9.24. The van der Waals surface area contributed by atoms with Gasteiger partial charge in [-0.15, -0.1) is 6.42 Å². The number of nitrogens with one attached hydrogen (secondary N) is 1. The molecule has 5 rings (SSSR count). The number of amides is 1. The molecule has 3 fully saturated rings. The summed E-state index contributed by atoms with van der Waals surface area (Å²) >= 11 is 0. The quantitative estimate of drug-likeness (QED) is 0.863. The van der Waals surface area contributed by atoms with Gasteiger partial charge in [0, 0.05) is 23.7 Å². The molecule has 2 aromatic carbocycles. The normalized spacial score (nSPS) is 25.9. The van der Waals surface area contributed by atoms with E-state index in [0.29, 0.717) is 5.56 Å². The van der Waals surface area contributed by atoms with Gasteiger partial charge in [0.2, 0.25) is 0 Å². The third-order valence-electron chi connectivity index (χ3n) is 5.44. The number of hydrogen-bond donors (Lipinski definition) is 1. The first-order valence-corrected chi connectivity index (χ1v) is 8.75. The Morgan fingerprint density at radius 3 is 2.83 bits per heavy atom. The van der Waals surface area contributed by atoms with Crippen LogP contribution in [0.1, 0.15) is 35.2 Å². The lowest BCUT2D eigenvalue weighted by atomic mass is 9.94. The monoisotopic (exact) mass is 318 g/mol. The Morgan fingerprint density at radius 1 is 1.21 bits per heavy atom. The lowest BCUT2D eigenvalue weighted by Crippen LogP contribution is -2.41. The van der Waals surface area contributed by atoms with E-state index in [4.69, 9.17) is 6.42 Å². The molecule has 1 amide bonds. The molecule has 0 aliphatic carbocycles. The Morgan fingerprint density at radius 2 is 2.04 bits per heavy atom. The van der Waals surface area contributed by atoms with Crippen molar-refractivity contribution in [1.82, 2.24) is 10.2 Å². The summed E-state index contributed by atoms with van der Waals surface area (Å²) in [4.78, 5) is 15.2. The van der Waals surface area contributed by atoms with Crippen LogP contribution in [0.5, 0.6) is 0 Å². The molecule has 0 saturated carbocycles. The summed E-state index contributed by atoms with van der Waals surface area (Å²) < 4.78 is 0. The van der Waals surface area contributed by atoms with Crippen molar-refractivity contribution in [1.29, 1.82) is 0 Å². The third-order valence-corrected chi connectivity index (χ3v) is 5.44. The highest BCUT2D eigenvalue weighted by Gasteiger charge is 2.29. The van der Waals surface area contributed by atoms with Crippen LogP contribution in [0.4, 0.5) is 0 Å². The summed E-state index contributed by atoms with van der Waals surface area (Å²) in [5, 5.41) is 5.29. The van der Waals surface area contributed by atoms with Crippen molar-refractivity contribution in [2.24, 2.45) is 5.92 Å². The van der Waals surface area contributed by atoms with E-state index in [1.165, 1.54) is 25.9 Å². The fraction of sp³-hybridized carbons (Fsp3) is 0.381. The standard InChI is InChI=1S/C21H22N2O/c1-2-16-4-3-5-17-6-7-18(13-20(16)17)21(24)22-19-12-15-8-10-23(14-19)11-9-15/h1,3-7,13,15,19H,8-12,14H2,(H,22,24)/t19-/m1/s1. The molecule has 2 aromatic rings. The molecule has 0 spiro atoms. The van der Waals surface area contributed by atoms with Gasteiger partial charge in [0.15, 0.2) is 0 Å². The first kappa shape index (κ1) is 15.2. The molecule has 3 aliphatic heterocycles.